The number of benzene rings is 1. The molecule has 1 aromatic rings. The first-order valence-corrected chi connectivity index (χ1v) is 5.94. The van der Waals surface area contributed by atoms with E-state index in [0.29, 0.717) is 15.7 Å². The van der Waals surface area contributed by atoms with Crippen molar-refractivity contribution in [1.82, 2.24) is 5.32 Å². The van der Waals surface area contributed by atoms with Gasteiger partial charge in [-0.05, 0) is 18.2 Å². The van der Waals surface area contributed by atoms with Crippen molar-refractivity contribution in [2.75, 3.05) is 18.5 Å². The molecule has 0 aliphatic carbocycles. The number of ether oxygens (including phenoxy) is 1. The number of carbonyl (C=O) groups is 2. The Balaban J connectivity index is 2.04. The van der Waals surface area contributed by atoms with Crippen LogP contribution in [0.4, 0.5) is 5.69 Å². The standard InChI is InChI=1S/C11H10Cl2N2O3/c12-6-1-7(13)3-8(2-6)14-11(17)9-4-18-5-10(16)15-9/h1-3,9H,4-5H2,(H,14,17)(H,15,16). The average Bonchev–Trinajstić information content (AvgIpc) is 2.27. The van der Waals surface area contributed by atoms with Gasteiger partial charge in [0.2, 0.25) is 11.8 Å². The maximum Gasteiger partial charge on any atom is 0.249 e. The molecule has 18 heavy (non-hydrogen) atoms. The van der Waals surface area contributed by atoms with Gasteiger partial charge in [-0.15, -0.1) is 0 Å². The maximum absolute atomic E-state index is 11.8. The van der Waals surface area contributed by atoms with Gasteiger partial charge in [0.1, 0.15) is 12.6 Å². The van der Waals surface area contributed by atoms with Crippen LogP contribution in [0.5, 0.6) is 0 Å². The van der Waals surface area contributed by atoms with E-state index in [9.17, 15) is 9.59 Å². The van der Waals surface area contributed by atoms with Gasteiger partial charge >= 0.3 is 0 Å². The van der Waals surface area contributed by atoms with Crippen molar-refractivity contribution in [1.29, 1.82) is 0 Å². The van der Waals surface area contributed by atoms with Crippen LogP contribution >= 0.6 is 23.2 Å². The number of carbonyl (C=O) groups excluding carboxylic acids is 2. The molecule has 1 heterocycles. The summed E-state index contributed by atoms with van der Waals surface area (Å²) in [4.78, 5) is 22.9. The second-order valence-electron chi connectivity index (χ2n) is 3.78. The smallest absolute Gasteiger partial charge is 0.249 e. The summed E-state index contributed by atoms with van der Waals surface area (Å²) in [5, 5.41) is 5.97. The molecule has 0 aromatic heterocycles. The van der Waals surface area contributed by atoms with Crippen molar-refractivity contribution >= 4 is 40.7 Å². The van der Waals surface area contributed by atoms with Crippen LogP contribution in [0.25, 0.3) is 0 Å². The van der Waals surface area contributed by atoms with Crippen LogP contribution in [-0.4, -0.2) is 31.1 Å². The zero-order valence-corrected chi connectivity index (χ0v) is 10.7. The molecule has 2 rings (SSSR count). The molecule has 7 heteroatoms. The molecule has 2 N–H and O–H groups in total. The second-order valence-corrected chi connectivity index (χ2v) is 4.66. The number of nitrogens with one attached hydrogen (secondary N) is 2. The zero-order valence-electron chi connectivity index (χ0n) is 9.20. The Morgan fingerprint density at radius 3 is 2.61 bits per heavy atom. The minimum absolute atomic E-state index is 0.0211. The molecule has 1 aliphatic rings. The van der Waals surface area contributed by atoms with Crippen LogP contribution < -0.4 is 10.6 Å². The fraction of sp³-hybridized carbons (Fsp3) is 0.273. The van der Waals surface area contributed by atoms with Crippen molar-refractivity contribution in [3.05, 3.63) is 28.2 Å². The van der Waals surface area contributed by atoms with Gasteiger partial charge in [0.25, 0.3) is 0 Å². The normalized spacial score (nSPS) is 19.2. The van der Waals surface area contributed by atoms with E-state index in [1.54, 1.807) is 18.2 Å². The molecule has 96 valence electrons. The highest BCUT2D eigenvalue weighted by Gasteiger charge is 2.25. The third kappa shape index (κ3) is 3.35. The Morgan fingerprint density at radius 1 is 1.33 bits per heavy atom. The Hall–Kier alpha value is -1.30. The second kappa shape index (κ2) is 5.56. The molecule has 0 spiro atoms. The van der Waals surface area contributed by atoms with Gasteiger partial charge in [0, 0.05) is 15.7 Å². The number of rotatable bonds is 2. The van der Waals surface area contributed by atoms with Gasteiger partial charge in [-0.1, -0.05) is 23.2 Å². The van der Waals surface area contributed by atoms with Gasteiger partial charge in [-0.2, -0.15) is 0 Å². The van der Waals surface area contributed by atoms with Crippen molar-refractivity contribution in [3.8, 4) is 0 Å². The molecule has 1 fully saturated rings. The lowest BCUT2D eigenvalue weighted by Gasteiger charge is -2.22. The van der Waals surface area contributed by atoms with Crippen molar-refractivity contribution in [3.63, 3.8) is 0 Å². The zero-order chi connectivity index (χ0) is 13.1. The average molecular weight is 289 g/mol. The van der Waals surface area contributed by atoms with Crippen LogP contribution in [0, 0.1) is 0 Å². The van der Waals surface area contributed by atoms with Crippen LogP contribution in [0.15, 0.2) is 18.2 Å². The van der Waals surface area contributed by atoms with Crippen LogP contribution in [-0.2, 0) is 14.3 Å². The Morgan fingerprint density at radius 2 is 2.00 bits per heavy atom. The molecule has 0 bridgehead atoms. The molecule has 1 atom stereocenters. The molecular formula is C11H10Cl2N2O3. The van der Waals surface area contributed by atoms with Crippen LogP contribution in [0.3, 0.4) is 0 Å². The van der Waals surface area contributed by atoms with Gasteiger partial charge < -0.3 is 15.4 Å². The predicted molar refractivity (Wildman–Crippen MR) is 67.8 cm³/mol. The number of halogens is 2. The first-order chi connectivity index (χ1) is 8.54. The van der Waals surface area contributed by atoms with Crippen molar-refractivity contribution in [2.45, 2.75) is 6.04 Å². The van der Waals surface area contributed by atoms with Gasteiger partial charge in [0.05, 0.1) is 6.61 Å². The lowest BCUT2D eigenvalue weighted by molar-refractivity contribution is -0.136. The summed E-state index contributed by atoms with van der Waals surface area (Å²) in [7, 11) is 0. The summed E-state index contributed by atoms with van der Waals surface area (Å²) < 4.78 is 4.98. The summed E-state index contributed by atoms with van der Waals surface area (Å²) >= 11 is 11.6. The summed E-state index contributed by atoms with van der Waals surface area (Å²) in [5.74, 6) is -0.688. The molecule has 0 saturated carbocycles. The first kappa shape index (κ1) is 13.1. The Kier molecular flexibility index (Phi) is 4.06. The molecule has 0 radical (unpaired) electrons. The molecule has 2 amide bonds. The van der Waals surface area contributed by atoms with E-state index in [1.807, 2.05) is 0 Å². The topological polar surface area (TPSA) is 67.4 Å². The highest BCUT2D eigenvalue weighted by Crippen LogP contribution is 2.22. The highest BCUT2D eigenvalue weighted by atomic mass is 35.5. The van der Waals surface area contributed by atoms with E-state index in [0.717, 1.165) is 0 Å². The van der Waals surface area contributed by atoms with E-state index in [-0.39, 0.29) is 25.0 Å². The van der Waals surface area contributed by atoms with E-state index in [4.69, 9.17) is 27.9 Å². The SMILES string of the molecule is O=C1COCC(C(=O)Nc2cc(Cl)cc(Cl)c2)N1. The molecule has 1 saturated heterocycles. The first-order valence-electron chi connectivity index (χ1n) is 5.18. The molecule has 1 unspecified atom stereocenters. The lowest BCUT2D eigenvalue weighted by Crippen LogP contribution is -2.51. The predicted octanol–water partition coefficient (Wildman–Crippen LogP) is 1.45. The van der Waals surface area contributed by atoms with E-state index in [1.165, 1.54) is 0 Å². The number of hydrogen-bond donors (Lipinski definition) is 2. The largest absolute Gasteiger partial charge is 0.369 e. The fourth-order valence-corrected chi connectivity index (χ4v) is 2.07. The van der Waals surface area contributed by atoms with Gasteiger partial charge in [-0.25, -0.2) is 0 Å². The number of amides is 2. The summed E-state index contributed by atoms with van der Waals surface area (Å²) in [6, 6.07) is 3.99. The molecular weight excluding hydrogens is 279 g/mol. The van der Waals surface area contributed by atoms with E-state index < -0.39 is 6.04 Å². The molecule has 1 aromatic carbocycles. The third-order valence-electron chi connectivity index (χ3n) is 2.30. The highest BCUT2D eigenvalue weighted by molar-refractivity contribution is 6.35. The molecule has 1 aliphatic heterocycles. The number of morpholine rings is 1. The fourth-order valence-electron chi connectivity index (χ4n) is 1.54. The third-order valence-corrected chi connectivity index (χ3v) is 2.74. The van der Waals surface area contributed by atoms with Crippen LogP contribution in [0.2, 0.25) is 10.0 Å². The van der Waals surface area contributed by atoms with E-state index in [2.05, 4.69) is 10.6 Å². The van der Waals surface area contributed by atoms with E-state index >= 15 is 0 Å². The minimum atomic E-state index is -0.705. The summed E-state index contributed by atoms with van der Waals surface area (Å²) in [5.41, 5.74) is 0.470. The number of hydrogen-bond acceptors (Lipinski definition) is 3. The molecule has 5 nitrogen and oxygen atoms in total. The summed E-state index contributed by atoms with van der Waals surface area (Å²) in [6.45, 7) is 0.124. The minimum Gasteiger partial charge on any atom is -0.369 e. The quantitative estimate of drug-likeness (QED) is 0.866. The van der Waals surface area contributed by atoms with Gasteiger partial charge in [0.15, 0.2) is 0 Å². The summed E-state index contributed by atoms with van der Waals surface area (Å²) in [6.07, 6.45) is 0. The van der Waals surface area contributed by atoms with Crippen LogP contribution in [0.1, 0.15) is 0 Å². The Bertz CT molecular complexity index is 473. The monoisotopic (exact) mass is 288 g/mol. The number of anilines is 1. The van der Waals surface area contributed by atoms with Gasteiger partial charge in [-0.3, -0.25) is 9.59 Å². The Labute approximate surface area is 113 Å². The lowest BCUT2D eigenvalue weighted by atomic mass is 10.2. The maximum atomic E-state index is 11.8. The van der Waals surface area contributed by atoms with Crippen molar-refractivity contribution in [2.24, 2.45) is 0 Å². The van der Waals surface area contributed by atoms with Crippen molar-refractivity contribution < 1.29 is 14.3 Å².